The van der Waals surface area contributed by atoms with Crippen LogP contribution >= 0.6 is 0 Å². The van der Waals surface area contributed by atoms with Crippen molar-refractivity contribution in [3.05, 3.63) is 120 Å². The first-order chi connectivity index (χ1) is 22.3. The predicted molar refractivity (Wildman–Crippen MR) is 187 cm³/mol. The molecule has 2 saturated heterocycles. The lowest BCUT2D eigenvalue weighted by Crippen LogP contribution is -2.32. The summed E-state index contributed by atoms with van der Waals surface area (Å²) in [5.41, 5.74) is 4.60. The maximum absolute atomic E-state index is 13.3. The third kappa shape index (κ3) is 7.84. The van der Waals surface area contributed by atoms with Crippen LogP contribution in [0.25, 0.3) is 0 Å². The van der Waals surface area contributed by atoms with Crippen LogP contribution in [0.2, 0.25) is 0 Å². The minimum Gasteiger partial charge on any atom is -0.371 e. The van der Waals surface area contributed by atoms with Crippen LogP contribution in [-0.2, 0) is 19.7 Å². The largest absolute Gasteiger partial charge is 0.371 e. The van der Waals surface area contributed by atoms with Crippen molar-refractivity contribution in [2.24, 2.45) is 0 Å². The molecular weight excluding hydrogens is 613 g/mol. The quantitative estimate of drug-likeness (QED) is 0.156. The van der Waals surface area contributed by atoms with E-state index in [0.29, 0.717) is 34.5 Å². The van der Waals surface area contributed by atoms with Crippen molar-refractivity contribution in [2.45, 2.75) is 60.2 Å². The number of piperidine rings is 2. The average molecular weight is 657 g/mol. The standard InChI is InChI=1S/C38H44N2O4S2/c41-45(42,37-17-9-11-33(29-37)31-19-23-39(24-20-31)35-13-3-1-4-14-35)27-7-8-28-46(43,44)38-18-10-12-34(30-38)32-21-25-40(26-22-32)36-15-5-2-6-16-36/h1-6,9-18,29-32H,7-8,19-28H2. The second kappa shape index (κ2) is 14.4. The maximum atomic E-state index is 13.3. The maximum Gasteiger partial charge on any atom is 0.178 e. The van der Waals surface area contributed by atoms with Gasteiger partial charge in [-0.05, 0) is 110 Å². The van der Waals surface area contributed by atoms with Gasteiger partial charge in [0.05, 0.1) is 21.3 Å². The van der Waals surface area contributed by atoms with E-state index in [1.54, 1.807) is 12.1 Å². The van der Waals surface area contributed by atoms with Gasteiger partial charge >= 0.3 is 0 Å². The molecule has 0 bridgehead atoms. The molecule has 4 aromatic rings. The molecule has 0 spiro atoms. The summed E-state index contributed by atoms with van der Waals surface area (Å²) in [7, 11) is -7.03. The highest BCUT2D eigenvalue weighted by Crippen LogP contribution is 2.33. The number of nitrogens with zero attached hydrogens (tertiary/aromatic N) is 2. The Hall–Kier alpha value is -3.62. The Labute approximate surface area is 274 Å². The SMILES string of the molecule is O=S(=O)(CCCCS(=O)(=O)c1cccc(C2CCN(c3ccccc3)CC2)c1)c1cccc(C2CCN(c3ccccc3)CC2)c1. The molecule has 0 unspecified atom stereocenters. The van der Waals surface area contributed by atoms with E-state index in [0.717, 1.165) is 63.0 Å². The fraction of sp³-hybridized carbons (Fsp3) is 0.368. The Morgan fingerprint density at radius 2 is 0.848 bits per heavy atom. The number of anilines is 2. The van der Waals surface area contributed by atoms with E-state index in [1.807, 2.05) is 48.5 Å². The smallest absolute Gasteiger partial charge is 0.178 e. The molecule has 8 heteroatoms. The zero-order chi connectivity index (χ0) is 32.0. The molecule has 242 valence electrons. The second-order valence-corrected chi connectivity index (χ2v) is 16.9. The molecule has 0 aromatic heterocycles. The Morgan fingerprint density at radius 3 is 1.22 bits per heavy atom. The first-order valence-electron chi connectivity index (χ1n) is 16.5. The van der Waals surface area contributed by atoms with Gasteiger partial charge in [-0.2, -0.15) is 0 Å². The van der Waals surface area contributed by atoms with Crippen molar-refractivity contribution in [1.82, 2.24) is 0 Å². The van der Waals surface area contributed by atoms with Gasteiger partial charge in [-0.15, -0.1) is 0 Å². The van der Waals surface area contributed by atoms with Crippen LogP contribution in [0.4, 0.5) is 11.4 Å². The van der Waals surface area contributed by atoms with E-state index in [4.69, 9.17) is 0 Å². The van der Waals surface area contributed by atoms with Crippen molar-refractivity contribution < 1.29 is 16.8 Å². The Bertz CT molecular complexity index is 1660. The van der Waals surface area contributed by atoms with Crippen molar-refractivity contribution in [3.8, 4) is 0 Å². The van der Waals surface area contributed by atoms with Crippen LogP contribution in [0, 0.1) is 0 Å². The summed E-state index contributed by atoms with van der Waals surface area (Å²) in [6.45, 7) is 3.76. The van der Waals surface area contributed by atoms with Gasteiger partial charge in [-0.1, -0.05) is 60.7 Å². The average Bonchev–Trinajstić information content (AvgIpc) is 3.11. The fourth-order valence-corrected chi connectivity index (χ4v) is 9.81. The first-order valence-corrected chi connectivity index (χ1v) is 19.8. The summed E-state index contributed by atoms with van der Waals surface area (Å²) in [6.07, 6.45) is 4.51. The number of benzene rings is 4. The highest BCUT2D eigenvalue weighted by Gasteiger charge is 2.25. The summed E-state index contributed by atoms with van der Waals surface area (Å²) in [5, 5.41) is 0. The summed E-state index contributed by atoms with van der Waals surface area (Å²) >= 11 is 0. The molecule has 46 heavy (non-hydrogen) atoms. The van der Waals surface area contributed by atoms with Gasteiger partial charge < -0.3 is 9.80 Å². The number of sulfone groups is 2. The van der Waals surface area contributed by atoms with Crippen LogP contribution in [0.15, 0.2) is 119 Å². The van der Waals surface area contributed by atoms with Gasteiger partial charge in [0.25, 0.3) is 0 Å². The van der Waals surface area contributed by atoms with Crippen LogP contribution in [0.3, 0.4) is 0 Å². The van der Waals surface area contributed by atoms with Crippen molar-refractivity contribution in [2.75, 3.05) is 47.5 Å². The highest BCUT2D eigenvalue weighted by atomic mass is 32.2. The Kier molecular flexibility index (Phi) is 10.1. The molecule has 0 amide bonds. The molecule has 4 aromatic carbocycles. The topological polar surface area (TPSA) is 74.8 Å². The number of hydrogen-bond donors (Lipinski definition) is 0. The minimum absolute atomic E-state index is 0.0571. The summed E-state index contributed by atoms with van der Waals surface area (Å²) in [4.78, 5) is 5.45. The van der Waals surface area contributed by atoms with Crippen LogP contribution in [0.1, 0.15) is 61.5 Å². The number of unbranched alkanes of at least 4 members (excludes halogenated alkanes) is 1. The van der Waals surface area contributed by atoms with E-state index in [-0.39, 0.29) is 11.5 Å². The van der Waals surface area contributed by atoms with Crippen LogP contribution in [0.5, 0.6) is 0 Å². The van der Waals surface area contributed by atoms with Gasteiger partial charge in [-0.3, -0.25) is 0 Å². The van der Waals surface area contributed by atoms with Crippen LogP contribution < -0.4 is 9.80 Å². The van der Waals surface area contributed by atoms with Gasteiger partial charge in [0.2, 0.25) is 0 Å². The molecule has 2 aliphatic heterocycles. The molecule has 0 saturated carbocycles. The Morgan fingerprint density at radius 1 is 0.478 bits per heavy atom. The second-order valence-electron chi connectivity index (χ2n) is 12.7. The van der Waals surface area contributed by atoms with Crippen molar-refractivity contribution >= 4 is 31.0 Å². The fourth-order valence-electron chi connectivity index (χ4n) is 6.96. The zero-order valence-corrected chi connectivity index (χ0v) is 28.0. The third-order valence-corrected chi connectivity index (χ3v) is 13.3. The lowest BCUT2D eigenvalue weighted by Gasteiger charge is -2.34. The number of hydrogen-bond acceptors (Lipinski definition) is 6. The summed E-state index contributed by atoms with van der Waals surface area (Å²) < 4.78 is 53.1. The Balaban J connectivity index is 0.998. The molecule has 2 aliphatic rings. The summed E-state index contributed by atoms with van der Waals surface area (Å²) in [6, 6.07) is 35.6. The van der Waals surface area contributed by atoms with Gasteiger partial charge in [-0.25, -0.2) is 16.8 Å². The van der Waals surface area contributed by atoms with Gasteiger partial charge in [0, 0.05) is 37.6 Å². The molecule has 0 aliphatic carbocycles. The van der Waals surface area contributed by atoms with Crippen molar-refractivity contribution in [3.63, 3.8) is 0 Å². The monoisotopic (exact) mass is 656 g/mol. The highest BCUT2D eigenvalue weighted by molar-refractivity contribution is 7.91. The van der Waals surface area contributed by atoms with Crippen LogP contribution in [-0.4, -0.2) is 54.5 Å². The molecule has 6 rings (SSSR count). The van der Waals surface area contributed by atoms with E-state index < -0.39 is 19.7 Å². The van der Waals surface area contributed by atoms with E-state index in [9.17, 15) is 16.8 Å². The van der Waals surface area contributed by atoms with E-state index in [1.165, 1.54) is 11.4 Å². The van der Waals surface area contributed by atoms with E-state index >= 15 is 0 Å². The molecule has 0 atom stereocenters. The molecule has 6 nitrogen and oxygen atoms in total. The molecule has 0 N–H and O–H groups in total. The van der Waals surface area contributed by atoms with Gasteiger partial charge in [0.15, 0.2) is 19.7 Å². The number of rotatable bonds is 11. The molecule has 2 fully saturated rings. The van der Waals surface area contributed by atoms with Gasteiger partial charge in [0.1, 0.15) is 0 Å². The normalized spacial score (nSPS) is 16.9. The van der Waals surface area contributed by atoms with E-state index in [2.05, 4.69) is 58.3 Å². The summed E-state index contributed by atoms with van der Waals surface area (Å²) in [5.74, 6) is 0.538. The minimum atomic E-state index is -3.51. The molecular formula is C38H44N2O4S2. The lowest BCUT2D eigenvalue weighted by atomic mass is 9.89. The predicted octanol–water partition coefficient (Wildman–Crippen LogP) is 7.48. The molecule has 0 radical (unpaired) electrons. The lowest BCUT2D eigenvalue weighted by molar-refractivity contribution is 0.504. The van der Waals surface area contributed by atoms with Crippen molar-refractivity contribution in [1.29, 1.82) is 0 Å². The third-order valence-electron chi connectivity index (χ3n) is 9.69. The molecule has 2 heterocycles. The number of para-hydroxylation sites is 2. The first kappa shape index (κ1) is 32.3. The zero-order valence-electron chi connectivity index (χ0n) is 26.4.